The van der Waals surface area contributed by atoms with Gasteiger partial charge >= 0.3 is 12.1 Å². The third-order valence-electron chi connectivity index (χ3n) is 6.39. The number of anilines is 1. The van der Waals surface area contributed by atoms with E-state index < -0.39 is 12.1 Å². The number of amides is 2. The molecule has 0 unspecified atom stereocenters. The maximum Gasteiger partial charge on any atom is 0.319 e. The van der Waals surface area contributed by atoms with Crippen LogP contribution in [0.1, 0.15) is 56.1 Å². The Bertz CT molecular complexity index is 981. The van der Waals surface area contributed by atoms with Gasteiger partial charge in [0.15, 0.2) is 0 Å². The van der Waals surface area contributed by atoms with Crippen LogP contribution in [0.15, 0.2) is 54.6 Å². The van der Waals surface area contributed by atoms with Crippen molar-refractivity contribution >= 4 is 23.2 Å². The van der Waals surface area contributed by atoms with Crippen molar-refractivity contribution in [2.24, 2.45) is 5.92 Å². The van der Waals surface area contributed by atoms with Crippen LogP contribution in [0, 0.1) is 11.1 Å². The van der Waals surface area contributed by atoms with Crippen molar-refractivity contribution in [1.82, 2.24) is 5.32 Å². The molecule has 1 heterocycles. The molecule has 162 valence electrons. The van der Waals surface area contributed by atoms with Gasteiger partial charge in [0.25, 0.3) is 0 Å². The summed E-state index contributed by atoms with van der Waals surface area (Å²) in [6.07, 6.45) is 5.87. The van der Waals surface area contributed by atoms with E-state index in [0.29, 0.717) is 39.6 Å². The average molecular weight is 420 g/mol. The first-order valence-electron chi connectivity index (χ1n) is 11.1. The zero-order valence-electron chi connectivity index (χ0n) is 17.9. The Morgan fingerprint density at radius 3 is 2.48 bits per heavy atom. The Morgan fingerprint density at radius 2 is 1.74 bits per heavy atom. The number of para-hydroxylation sites is 1. The number of benzene rings is 2. The van der Waals surface area contributed by atoms with Crippen LogP contribution in [0.3, 0.4) is 0 Å². The first-order valence-corrected chi connectivity index (χ1v) is 11.1. The fraction of sp³-hybridized carbons (Fsp3) is 0.400. The maximum atomic E-state index is 13.5. The van der Waals surface area contributed by atoms with Gasteiger partial charge in [0.05, 0.1) is 11.3 Å². The molecule has 0 radical (unpaired) electrons. The summed E-state index contributed by atoms with van der Waals surface area (Å²) >= 11 is 0. The van der Waals surface area contributed by atoms with Crippen LogP contribution >= 0.6 is 0 Å². The molecule has 2 aromatic carbocycles. The van der Waals surface area contributed by atoms with Crippen LogP contribution in [-0.2, 0) is 9.59 Å². The van der Waals surface area contributed by atoms with Crippen LogP contribution in [0.2, 0.25) is 0 Å². The molecular weight excluding hydrogens is 390 g/mol. The van der Waals surface area contributed by atoms with Gasteiger partial charge in [-0.05, 0) is 36.6 Å². The van der Waals surface area contributed by atoms with Gasteiger partial charge in [-0.3, -0.25) is 14.9 Å². The van der Waals surface area contributed by atoms with Crippen molar-refractivity contribution in [2.45, 2.75) is 51.1 Å². The second kappa shape index (κ2) is 9.33. The van der Waals surface area contributed by atoms with Crippen molar-refractivity contribution in [1.29, 1.82) is 0 Å². The number of hydroxylamine groups is 1. The highest BCUT2D eigenvalue weighted by molar-refractivity contribution is 6.16. The van der Waals surface area contributed by atoms with Gasteiger partial charge in [0.2, 0.25) is 11.6 Å². The van der Waals surface area contributed by atoms with Crippen LogP contribution in [0.5, 0.6) is 0 Å². The number of benzodiazepines with no additional fused rings is 1. The molecule has 1 atom stereocenters. The number of rotatable bonds is 5. The standard InChI is InChI=1S/C25H29N3O3/c1-27-21-15-9-8-14-20(21)23(19-12-6-3-7-13-19)28(31)24(25(27)30)26-22(29)17-16-18-10-4-2-5-11-18/h3,6-9,12-15,18,24H,2,4-5,10-11,16-17H2,1H3,(H,26,29)/t24-/m1/s1. The van der Waals surface area contributed by atoms with E-state index in [-0.39, 0.29) is 5.91 Å². The molecule has 2 aliphatic rings. The molecule has 6 heteroatoms. The molecule has 2 aromatic rings. The van der Waals surface area contributed by atoms with Crippen molar-refractivity contribution in [3.05, 3.63) is 70.9 Å². The quantitative estimate of drug-likeness (QED) is 0.591. The normalized spacial score (nSPS) is 19.7. The minimum atomic E-state index is -1.30. The first kappa shape index (κ1) is 21.1. The SMILES string of the molecule is CN1C(=O)[C@H](NC(=O)CCC2CCCCC2)[N+]([O-])=C(c2ccccc2)c2ccccc21. The monoisotopic (exact) mass is 419 g/mol. The van der Waals surface area contributed by atoms with Crippen molar-refractivity contribution < 1.29 is 14.3 Å². The lowest BCUT2D eigenvalue weighted by molar-refractivity contribution is -0.489. The van der Waals surface area contributed by atoms with E-state index in [2.05, 4.69) is 5.32 Å². The first-order chi connectivity index (χ1) is 15.1. The van der Waals surface area contributed by atoms with Crippen LogP contribution < -0.4 is 10.2 Å². The van der Waals surface area contributed by atoms with Gasteiger partial charge in [-0.15, -0.1) is 0 Å². The summed E-state index contributed by atoms with van der Waals surface area (Å²) in [4.78, 5) is 27.4. The lowest BCUT2D eigenvalue weighted by Gasteiger charge is -2.23. The molecule has 0 aromatic heterocycles. The van der Waals surface area contributed by atoms with Crippen molar-refractivity contribution in [2.75, 3.05) is 11.9 Å². The van der Waals surface area contributed by atoms with E-state index in [9.17, 15) is 14.8 Å². The molecular formula is C25H29N3O3. The molecule has 0 bridgehead atoms. The Kier molecular flexibility index (Phi) is 6.35. The summed E-state index contributed by atoms with van der Waals surface area (Å²) in [5.41, 5.74) is 2.39. The number of hydrogen-bond acceptors (Lipinski definition) is 3. The smallest absolute Gasteiger partial charge is 0.319 e. The summed E-state index contributed by atoms with van der Waals surface area (Å²) in [7, 11) is 1.64. The molecule has 0 saturated heterocycles. The number of likely N-dealkylation sites (N-methyl/N-ethyl adjacent to an activating group) is 1. The number of carbonyl (C=O) groups excluding carboxylic acids is 2. The molecule has 2 amide bonds. The maximum absolute atomic E-state index is 13.5. The van der Waals surface area contributed by atoms with Crippen LogP contribution in [-0.4, -0.2) is 35.5 Å². The molecule has 4 rings (SSSR count). The summed E-state index contributed by atoms with van der Waals surface area (Å²) in [5, 5.41) is 16.2. The van der Waals surface area contributed by atoms with Gasteiger partial charge in [-0.25, -0.2) is 0 Å². The van der Waals surface area contributed by atoms with E-state index in [4.69, 9.17) is 0 Å². The molecule has 0 spiro atoms. The number of nitrogens with zero attached hydrogens (tertiary/aromatic N) is 2. The fourth-order valence-electron chi connectivity index (χ4n) is 4.65. The number of nitrogens with one attached hydrogen (secondary N) is 1. The Labute approximate surface area is 183 Å². The lowest BCUT2D eigenvalue weighted by atomic mass is 9.86. The molecule has 1 saturated carbocycles. The third-order valence-corrected chi connectivity index (χ3v) is 6.39. The van der Waals surface area contributed by atoms with Gasteiger partial charge < -0.3 is 10.1 Å². The molecule has 31 heavy (non-hydrogen) atoms. The minimum Gasteiger partial charge on any atom is -0.621 e. The van der Waals surface area contributed by atoms with E-state index in [1.807, 2.05) is 54.6 Å². The third kappa shape index (κ3) is 4.48. The summed E-state index contributed by atoms with van der Waals surface area (Å²) in [5.74, 6) is -0.137. The second-order valence-electron chi connectivity index (χ2n) is 8.47. The van der Waals surface area contributed by atoms with E-state index >= 15 is 0 Å². The second-order valence-corrected chi connectivity index (χ2v) is 8.47. The molecule has 6 nitrogen and oxygen atoms in total. The summed E-state index contributed by atoms with van der Waals surface area (Å²) in [6, 6.07) is 16.6. The Morgan fingerprint density at radius 1 is 1.06 bits per heavy atom. The predicted molar refractivity (Wildman–Crippen MR) is 121 cm³/mol. The molecule has 1 aliphatic carbocycles. The van der Waals surface area contributed by atoms with E-state index in [1.54, 1.807) is 7.05 Å². The highest BCUT2D eigenvalue weighted by Crippen LogP contribution is 2.28. The fourth-order valence-corrected chi connectivity index (χ4v) is 4.65. The van der Waals surface area contributed by atoms with Gasteiger partial charge in [0.1, 0.15) is 0 Å². The minimum absolute atomic E-state index is 0.253. The molecule has 1 N–H and O–H groups in total. The number of fused-ring (bicyclic) bond motifs is 1. The highest BCUT2D eigenvalue weighted by atomic mass is 16.5. The zero-order chi connectivity index (χ0) is 21.8. The number of hydrogen-bond donors (Lipinski definition) is 1. The molecule has 1 fully saturated rings. The Balaban J connectivity index is 1.64. The topological polar surface area (TPSA) is 75.5 Å². The van der Waals surface area contributed by atoms with Crippen molar-refractivity contribution in [3.8, 4) is 0 Å². The van der Waals surface area contributed by atoms with Crippen molar-refractivity contribution in [3.63, 3.8) is 0 Å². The van der Waals surface area contributed by atoms with E-state index in [0.717, 1.165) is 19.3 Å². The largest absolute Gasteiger partial charge is 0.621 e. The lowest BCUT2D eigenvalue weighted by Crippen LogP contribution is -2.52. The predicted octanol–water partition coefficient (Wildman–Crippen LogP) is 3.81. The highest BCUT2D eigenvalue weighted by Gasteiger charge is 2.39. The number of carbonyl (C=O) groups is 2. The van der Waals surface area contributed by atoms with Crippen LogP contribution in [0.4, 0.5) is 5.69 Å². The summed E-state index contributed by atoms with van der Waals surface area (Å²) < 4.78 is 0.665. The van der Waals surface area contributed by atoms with Crippen LogP contribution in [0.25, 0.3) is 0 Å². The van der Waals surface area contributed by atoms with E-state index in [1.165, 1.54) is 24.2 Å². The average Bonchev–Trinajstić information content (AvgIpc) is 2.88. The van der Waals surface area contributed by atoms with Gasteiger partial charge in [0, 0.05) is 19.0 Å². The van der Waals surface area contributed by atoms with Gasteiger partial charge in [-0.1, -0.05) is 62.4 Å². The zero-order valence-corrected chi connectivity index (χ0v) is 17.9. The van der Waals surface area contributed by atoms with Gasteiger partial charge in [-0.2, -0.15) is 4.74 Å². The molecule has 1 aliphatic heterocycles. The Hall–Kier alpha value is -3.15. The summed E-state index contributed by atoms with van der Waals surface area (Å²) in [6.45, 7) is 0.